The number of carbonyl (C=O) groups is 2. The fourth-order valence-electron chi connectivity index (χ4n) is 18.3. The third kappa shape index (κ3) is 8.85. The van der Waals surface area contributed by atoms with Gasteiger partial charge in [0.25, 0.3) is 0 Å². The van der Waals surface area contributed by atoms with E-state index in [1.807, 2.05) is 37.8 Å². The highest BCUT2D eigenvalue weighted by Crippen LogP contribution is 2.70. The van der Waals surface area contributed by atoms with E-state index in [0.717, 1.165) is 103 Å². The van der Waals surface area contributed by atoms with Gasteiger partial charge >= 0.3 is 0 Å². The first-order valence-electron chi connectivity index (χ1n) is 27.0. The van der Waals surface area contributed by atoms with Crippen molar-refractivity contribution in [2.45, 2.75) is 188 Å². The maximum atomic E-state index is 13.4. The van der Waals surface area contributed by atoms with Crippen LogP contribution in [0.25, 0.3) is 0 Å². The van der Waals surface area contributed by atoms with Gasteiger partial charge in [0.1, 0.15) is 6.07 Å². The summed E-state index contributed by atoms with van der Waals surface area (Å²) in [5.74, 6) is 5.95. The molecule has 0 aromatic carbocycles. The monoisotopic (exact) mass is 924 g/mol. The van der Waals surface area contributed by atoms with Crippen molar-refractivity contribution < 1.29 is 29.3 Å². The smallest absolute Gasteiger partial charge is 0.157 e. The Kier molecular flexibility index (Phi) is 13.7. The van der Waals surface area contributed by atoms with Gasteiger partial charge in [0.2, 0.25) is 0 Å². The molecule has 0 saturated heterocycles. The van der Waals surface area contributed by atoms with Gasteiger partial charge < -0.3 is 19.7 Å². The van der Waals surface area contributed by atoms with Gasteiger partial charge in [0.05, 0.1) is 55.5 Å². The lowest BCUT2D eigenvalue weighted by Gasteiger charge is -2.62. The molecule has 67 heavy (non-hydrogen) atoms. The molecule has 0 spiro atoms. The minimum Gasteiger partial charge on any atom is -0.390 e. The average molecular weight is 924 g/mol. The Morgan fingerprint density at radius 2 is 1.10 bits per heavy atom. The van der Waals surface area contributed by atoms with E-state index >= 15 is 0 Å². The number of carbonyl (C=O) groups excluding carboxylic acids is 2. The van der Waals surface area contributed by atoms with Crippen molar-refractivity contribution >= 4 is 11.6 Å². The van der Waals surface area contributed by atoms with Gasteiger partial charge in [-0.2, -0.15) is 15.5 Å². The number of fused-ring (bicyclic) bond motifs is 10. The Morgan fingerprint density at radius 3 is 1.52 bits per heavy atom. The molecular formula is C56H85N5O6. The lowest BCUT2D eigenvalue weighted by Crippen LogP contribution is -2.58. The molecule has 2 aromatic rings. The number of rotatable bonds is 12. The van der Waals surface area contributed by atoms with Gasteiger partial charge in [0, 0.05) is 37.4 Å². The van der Waals surface area contributed by atoms with Gasteiger partial charge in [-0.15, -0.1) is 0 Å². The Morgan fingerprint density at radius 1 is 0.642 bits per heavy atom. The molecule has 0 bridgehead atoms. The Balaban J connectivity index is 0.000000168. The molecule has 0 unspecified atom stereocenters. The predicted octanol–water partition coefficient (Wildman–Crippen LogP) is 9.94. The highest BCUT2D eigenvalue weighted by Gasteiger charge is 2.65. The summed E-state index contributed by atoms with van der Waals surface area (Å²) in [6, 6.07) is 2.10. The second kappa shape index (κ2) is 18.7. The van der Waals surface area contributed by atoms with Crippen molar-refractivity contribution in [1.82, 2.24) is 19.6 Å². The molecule has 11 nitrogen and oxygen atoms in total. The second-order valence-corrected chi connectivity index (χ2v) is 25.0. The molecule has 2 aromatic heterocycles. The van der Waals surface area contributed by atoms with E-state index in [2.05, 4.69) is 44.0 Å². The second-order valence-electron chi connectivity index (χ2n) is 25.0. The number of hydrogen-bond acceptors (Lipinski definition) is 9. The summed E-state index contributed by atoms with van der Waals surface area (Å²) >= 11 is 0. The minimum absolute atomic E-state index is 0.0588. The highest BCUT2D eigenvalue weighted by molar-refractivity contribution is 5.82. The summed E-state index contributed by atoms with van der Waals surface area (Å²) < 4.78 is 15.8. The normalized spacial score (nSPS) is 44.1. The van der Waals surface area contributed by atoms with Crippen LogP contribution < -0.4 is 0 Å². The van der Waals surface area contributed by atoms with Crippen molar-refractivity contribution in [3.8, 4) is 6.07 Å². The summed E-state index contributed by atoms with van der Waals surface area (Å²) in [6.45, 7) is 19.0. The SMILES string of the molecule is CCOC[C@]12CC[C@@](C)(O)C[C@@H]1CC[C@H]1[C@@H]3CC[C@H](C(=O)Cn4cc(C)cn4)[C@@]3(C)CC[C@@H]12.CCOC[C@]12CC[C@@](C)(O)C[C@H]1CC[C@H]1[C@@H]3CC[C@H](C(=O)Cn4cc(C#N)cn4)[C@@]3(C)CC[C@@H]12. The topological polar surface area (TPSA) is 152 Å². The maximum Gasteiger partial charge on any atom is 0.157 e. The zero-order valence-corrected chi connectivity index (χ0v) is 42.3. The van der Waals surface area contributed by atoms with E-state index in [4.69, 9.17) is 14.7 Å². The molecule has 8 aliphatic rings. The van der Waals surface area contributed by atoms with Crippen LogP contribution in [0.2, 0.25) is 0 Å². The van der Waals surface area contributed by atoms with E-state index in [9.17, 15) is 19.8 Å². The summed E-state index contributed by atoms with van der Waals surface area (Å²) in [4.78, 5) is 26.9. The van der Waals surface area contributed by atoms with Crippen LogP contribution in [0.5, 0.6) is 0 Å². The van der Waals surface area contributed by atoms with Crippen molar-refractivity contribution in [3.63, 3.8) is 0 Å². The fourth-order valence-corrected chi connectivity index (χ4v) is 18.3. The minimum atomic E-state index is -0.542. The molecule has 2 heterocycles. The average Bonchev–Trinajstić information content (AvgIpc) is 4.09. The number of aryl methyl sites for hydroxylation is 1. The molecule has 8 saturated carbocycles. The first-order chi connectivity index (χ1) is 31.9. The van der Waals surface area contributed by atoms with Crippen LogP contribution in [0.1, 0.15) is 168 Å². The number of ketones is 2. The van der Waals surface area contributed by atoms with Crippen molar-refractivity contribution in [3.05, 3.63) is 35.9 Å². The Labute approximate surface area is 401 Å². The number of nitrogens with zero attached hydrogens (tertiary/aromatic N) is 5. The zero-order valence-electron chi connectivity index (χ0n) is 42.3. The number of aromatic nitrogens is 4. The zero-order chi connectivity index (χ0) is 47.6. The molecule has 0 aliphatic heterocycles. The van der Waals surface area contributed by atoms with Crippen LogP contribution in [-0.4, -0.2) is 79.0 Å². The third-order valence-electron chi connectivity index (χ3n) is 21.4. The largest absolute Gasteiger partial charge is 0.390 e. The maximum absolute atomic E-state index is 13.4. The molecule has 8 aliphatic carbocycles. The van der Waals surface area contributed by atoms with Crippen molar-refractivity contribution in [2.75, 3.05) is 26.4 Å². The van der Waals surface area contributed by atoms with Gasteiger partial charge in [0.15, 0.2) is 11.6 Å². The third-order valence-corrected chi connectivity index (χ3v) is 21.4. The van der Waals surface area contributed by atoms with Crippen LogP contribution in [0, 0.1) is 99.1 Å². The van der Waals surface area contributed by atoms with Gasteiger partial charge in [-0.05, 0) is 225 Å². The van der Waals surface area contributed by atoms with Crippen LogP contribution in [-0.2, 0) is 32.2 Å². The van der Waals surface area contributed by atoms with Gasteiger partial charge in [-0.1, -0.05) is 13.8 Å². The van der Waals surface area contributed by atoms with E-state index in [-0.39, 0.29) is 45.8 Å². The van der Waals surface area contributed by atoms with Crippen molar-refractivity contribution in [2.24, 2.45) is 80.8 Å². The van der Waals surface area contributed by atoms with Crippen LogP contribution in [0.4, 0.5) is 0 Å². The fraction of sp³-hybridized carbons (Fsp3) is 0.839. The Bertz CT molecular complexity index is 2140. The van der Waals surface area contributed by atoms with E-state index in [1.165, 1.54) is 51.1 Å². The number of ether oxygens (including phenoxy) is 2. The van der Waals surface area contributed by atoms with Crippen LogP contribution >= 0.6 is 0 Å². The molecule has 16 atom stereocenters. The summed E-state index contributed by atoms with van der Waals surface area (Å²) in [7, 11) is 0. The molecular weight excluding hydrogens is 839 g/mol. The lowest BCUT2D eigenvalue weighted by molar-refractivity contribution is -0.178. The van der Waals surface area contributed by atoms with Crippen LogP contribution in [0.15, 0.2) is 24.8 Å². The summed E-state index contributed by atoms with van der Waals surface area (Å²) in [6.07, 6.45) is 26.7. The predicted molar refractivity (Wildman–Crippen MR) is 257 cm³/mol. The first kappa shape index (κ1) is 49.1. The molecule has 370 valence electrons. The van der Waals surface area contributed by atoms with E-state index in [1.54, 1.807) is 10.9 Å². The molecule has 8 fully saturated rings. The molecule has 11 heteroatoms. The van der Waals surface area contributed by atoms with Gasteiger partial charge in [-0.3, -0.25) is 19.0 Å². The summed E-state index contributed by atoms with van der Waals surface area (Å²) in [5.41, 5.74) is 1.15. The standard InChI is InChI=1S/C28H41N3O3.C28H44N2O3/c1-4-34-18-28-12-11-26(2,33)13-20(28)5-6-21-22-7-8-24(27(22,3)10-9-23(21)28)25(32)17-31-16-19(14-29)15-30-31;1-5-33-18-28-13-12-26(3,32)14-20(28)6-7-21-22-8-9-24(27(22,4)11-10-23(21)28)25(31)17-30-16-19(2)15-29-30/h15-16,20-24,33H,4-13,17-18H2,1-3H3;15-16,20-24,32H,5-14,17-18H2,1-4H3/t20-,21+,22+,23+,24-,26-,27+,28-;20-,21-,22-,23-,24+,26+,27-,28+/m10/s1. The quantitative estimate of drug-likeness (QED) is 0.212. The van der Waals surface area contributed by atoms with Crippen molar-refractivity contribution in [1.29, 1.82) is 5.26 Å². The number of aliphatic hydroxyl groups is 2. The molecule has 10 rings (SSSR count). The number of nitriles is 1. The van der Waals surface area contributed by atoms with E-state index in [0.29, 0.717) is 65.2 Å². The van der Waals surface area contributed by atoms with Crippen LogP contribution in [0.3, 0.4) is 0 Å². The number of Topliss-reactive ketones (excluding diaryl/α,β-unsaturated/α-hetero) is 2. The Hall–Kier alpha value is -2.91. The van der Waals surface area contributed by atoms with Gasteiger partial charge in [-0.25, -0.2) is 0 Å². The first-order valence-corrected chi connectivity index (χ1v) is 27.0. The van der Waals surface area contributed by atoms with E-state index < -0.39 is 11.2 Å². The highest BCUT2D eigenvalue weighted by atomic mass is 16.5. The number of hydrogen-bond donors (Lipinski definition) is 2. The summed E-state index contributed by atoms with van der Waals surface area (Å²) in [5, 5.41) is 39.4. The molecule has 0 amide bonds. The molecule has 0 radical (unpaired) electrons. The molecule has 2 N–H and O–H groups in total. The lowest BCUT2D eigenvalue weighted by atomic mass is 9.43.